The Kier molecular flexibility index (Phi) is 6.75. The Morgan fingerprint density at radius 3 is 2.71 bits per heavy atom. The number of thiocarbonyl (C=S) groups is 1. The minimum absolute atomic E-state index is 0.125. The minimum atomic E-state index is -0.177. The molecule has 1 saturated heterocycles. The summed E-state index contributed by atoms with van der Waals surface area (Å²) in [7, 11) is 0. The third-order valence-corrected chi connectivity index (χ3v) is 7.93. The molecule has 35 heavy (non-hydrogen) atoms. The van der Waals surface area contributed by atoms with E-state index in [1.165, 1.54) is 22.9 Å². The van der Waals surface area contributed by atoms with Gasteiger partial charge in [0.1, 0.15) is 15.8 Å². The molecule has 2 aromatic heterocycles. The maximum absolute atomic E-state index is 13.7. The van der Waals surface area contributed by atoms with E-state index < -0.39 is 0 Å². The molecule has 1 amide bonds. The highest BCUT2D eigenvalue weighted by Crippen LogP contribution is 2.34. The lowest BCUT2D eigenvalue weighted by atomic mass is 9.99. The predicted molar refractivity (Wildman–Crippen MR) is 147 cm³/mol. The summed E-state index contributed by atoms with van der Waals surface area (Å²) in [6.45, 7) is 6.11. The van der Waals surface area contributed by atoms with Crippen LogP contribution in [0, 0.1) is 6.92 Å². The first kappa shape index (κ1) is 23.8. The summed E-state index contributed by atoms with van der Waals surface area (Å²) in [6.07, 6.45) is 7.42. The lowest BCUT2D eigenvalue weighted by molar-refractivity contribution is -0.122. The standard InChI is InChI=1S/C27H28N4O2S2/c1-3-4-7-13-30-26(33)22(35-27(30)34)15-21-24(28-23-11-10-18(2)16-31(23)25(21)32)29-14-12-19-8-5-6-9-20(19)17-29/h5-6,8-11,15-16H,3-4,7,12-14,17H2,1-2H3. The SMILES string of the molecule is CCCCCN1C(=O)C(=Cc2c(N3CCc4ccccc4C3)nc3ccc(C)cn3c2=O)SC1=S. The molecule has 1 aromatic carbocycles. The van der Waals surface area contributed by atoms with Crippen molar-refractivity contribution >= 4 is 51.7 Å². The number of amides is 1. The zero-order valence-corrected chi connectivity index (χ0v) is 21.6. The number of pyridine rings is 1. The van der Waals surface area contributed by atoms with Crippen molar-refractivity contribution in [3.05, 3.63) is 80.1 Å². The normalized spacial score (nSPS) is 17.0. The van der Waals surface area contributed by atoms with Crippen LogP contribution in [0.1, 0.15) is 48.4 Å². The van der Waals surface area contributed by atoms with Gasteiger partial charge in [0.05, 0.1) is 10.5 Å². The molecule has 0 radical (unpaired) electrons. The molecular weight excluding hydrogens is 476 g/mol. The third kappa shape index (κ3) is 4.65. The van der Waals surface area contributed by atoms with Gasteiger partial charge in [0.2, 0.25) is 0 Å². The van der Waals surface area contributed by atoms with Crippen LogP contribution >= 0.6 is 24.0 Å². The van der Waals surface area contributed by atoms with E-state index >= 15 is 0 Å². The number of anilines is 1. The van der Waals surface area contributed by atoms with Gasteiger partial charge in [-0.15, -0.1) is 0 Å². The number of nitrogens with zero attached hydrogens (tertiary/aromatic N) is 4. The van der Waals surface area contributed by atoms with Gasteiger partial charge in [-0.05, 0) is 48.6 Å². The number of aryl methyl sites for hydroxylation is 1. The molecule has 0 spiro atoms. The van der Waals surface area contributed by atoms with Crippen LogP contribution in [-0.2, 0) is 17.8 Å². The molecule has 0 saturated carbocycles. The highest BCUT2D eigenvalue weighted by molar-refractivity contribution is 8.26. The Bertz CT molecular complexity index is 1410. The van der Waals surface area contributed by atoms with Crippen LogP contribution in [-0.4, -0.2) is 37.6 Å². The average Bonchev–Trinajstić information content (AvgIpc) is 3.13. The zero-order chi connectivity index (χ0) is 24.5. The van der Waals surface area contributed by atoms with Crippen LogP contribution in [0.25, 0.3) is 11.7 Å². The topological polar surface area (TPSA) is 57.9 Å². The van der Waals surface area contributed by atoms with Crippen LogP contribution in [0.3, 0.4) is 0 Å². The van der Waals surface area contributed by atoms with Crippen LogP contribution in [0.15, 0.2) is 52.3 Å². The first-order valence-electron chi connectivity index (χ1n) is 12.1. The summed E-state index contributed by atoms with van der Waals surface area (Å²) < 4.78 is 2.13. The highest BCUT2D eigenvalue weighted by atomic mass is 32.2. The molecule has 0 bridgehead atoms. The van der Waals surface area contributed by atoms with Crippen molar-refractivity contribution in [1.82, 2.24) is 14.3 Å². The Hall–Kier alpha value is -2.97. The quantitative estimate of drug-likeness (QED) is 0.269. The van der Waals surface area contributed by atoms with Crippen molar-refractivity contribution in [3.8, 4) is 0 Å². The van der Waals surface area contributed by atoms with Crippen molar-refractivity contribution in [2.45, 2.75) is 46.1 Å². The number of aromatic nitrogens is 2. The average molecular weight is 505 g/mol. The maximum Gasteiger partial charge on any atom is 0.267 e. The fourth-order valence-corrected chi connectivity index (χ4v) is 5.93. The first-order valence-corrected chi connectivity index (χ1v) is 13.3. The second-order valence-corrected chi connectivity index (χ2v) is 10.7. The van der Waals surface area contributed by atoms with Gasteiger partial charge in [-0.25, -0.2) is 4.98 Å². The van der Waals surface area contributed by atoms with Gasteiger partial charge in [-0.1, -0.05) is 74.1 Å². The molecular formula is C27H28N4O2S2. The number of thioether (sulfide) groups is 1. The van der Waals surface area contributed by atoms with E-state index in [0.29, 0.717) is 39.3 Å². The number of hydrogen-bond acceptors (Lipinski definition) is 6. The second kappa shape index (κ2) is 9.95. The third-order valence-electron chi connectivity index (χ3n) is 6.55. The molecule has 0 N–H and O–H groups in total. The van der Waals surface area contributed by atoms with Crippen LogP contribution in [0.2, 0.25) is 0 Å². The smallest absolute Gasteiger partial charge is 0.267 e. The Balaban J connectivity index is 1.59. The number of unbranched alkanes of at least 4 members (excludes halogenated alkanes) is 2. The molecule has 0 aliphatic carbocycles. The molecule has 1 fully saturated rings. The number of carbonyl (C=O) groups is 1. The maximum atomic E-state index is 13.7. The molecule has 0 unspecified atom stereocenters. The largest absolute Gasteiger partial charge is 0.351 e. The van der Waals surface area contributed by atoms with Gasteiger partial charge in [-0.2, -0.15) is 0 Å². The monoisotopic (exact) mass is 504 g/mol. The molecule has 5 rings (SSSR count). The van der Waals surface area contributed by atoms with Gasteiger partial charge in [0, 0.05) is 25.8 Å². The molecule has 2 aliphatic rings. The van der Waals surface area contributed by atoms with Crippen molar-refractivity contribution in [2.24, 2.45) is 0 Å². The van der Waals surface area contributed by atoms with Crippen LogP contribution < -0.4 is 10.5 Å². The number of rotatable bonds is 6. The zero-order valence-electron chi connectivity index (χ0n) is 20.0. The van der Waals surface area contributed by atoms with E-state index in [9.17, 15) is 9.59 Å². The van der Waals surface area contributed by atoms with E-state index in [1.807, 2.05) is 25.1 Å². The van der Waals surface area contributed by atoms with Crippen molar-refractivity contribution in [3.63, 3.8) is 0 Å². The highest BCUT2D eigenvalue weighted by Gasteiger charge is 2.32. The number of benzene rings is 1. The lowest BCUT2D eigenvalue weighted by Gasteiger charge is -2.30. The Morgan fingerprint density at radius 1 is 1.11 bits per heavy atom. The lowest BCUT2D eigenvalue weighted by Crippen LogP contribution is -2.34. The second-order valence-electron chi connectivity index (χ2n) is 9.07. The fourth-order valence-electron chi connectivity index (χ4n) is 4.63. The van der Waals surface area contributed by atoms with E-state index in [4.69, 9.17) is 17.2 Å². The number of carbonyl (C=O) groups excluding carboxylic acids is 1. The Labute approximate surface area is 214 Å². The molecule has 6 nitrogen and oxygen atoms in total. The summed E-state index contributed by atoms with van der Waals surface area (Å²) in [4.78, 5) is 36.2. The molecule has 2 aliphatic heterocycles. The van der Waals surface area contributed by atoms with E-state index in [-0.39, 0.29) is 11.5 Å². The van der Waals surface area contributed by atoms with Gasteiger partial charge in [-0.3, -0.25) is 18.9 Å². The Morgan fingerprint density at radius 2 is 1.91 bits per heavy atom. The van der Waals surface area contributed by atoms with Gasteiger partial charge in [0.25, 0.3) is 11.5 Å². The summed E-state index contributed by atoms with van der Waals surface area (Å²) in [5.74, 6) is 0.490. The van der Waals surface area contributed by atoms with Crippen LogP contribution in [0.5, 0.6) is 0 Å². The molecule has 8 heteroatoms. The predicted octanol–water partition coefficient (Wildman–Crippen LogP) is 4.96. The minimum Gasteiger partial charge on any atom is -0.351 e. The molecule has 0 atom stereocenters. The number of hydrogen-bond donors (Lipinski definition) is 0. The summed E-state index contributed by atoms with van der Waals surface area (Å²) in [5, 5.41) is 0. The van der Waals surface area contributed by atoms with Crippen molar-refractivity contribution < 1.29 is 4.79 Å². The van der Waals surface area contributed by atoms with E-state index in [0.717, 1.165) is 37.8 Å². The number of fused-ring (bicyclic) bond motifs is 2. The summed E-state index contributed by atoms with van der Waals surface area (Å²) in [6, 6.07) is 12.2. The van der Waals surface area contributed by atoms with E-state index in [2.05, 4.69) is 30.0 Å². The summed E-state index contributed by atoms with van der Waals surface area (Å²) >= 11 is 6.78. The molecule has 180 valence electrons. The van der Waals surface area contributed by atoms with Crippen LogP contribution in [0.4, 0.5) is 5.82 Å². The van der Waals surface area contributed by atoms with E-state index in [1.54, 1.807) is 21.6 Å². The first-order chi connectivity index (χ1) is 17.0. The fraction of sp³-hybridized carbons (Fsp3) is 0.333. The molecule has 4 heterocycles. The molecule has 3 aromatic rings. The van der Waals surface area contributed by atoms with Gasteiger partial charge in [0.15, 0.2) is 0 Å². The summed E-state index contributed by atoms with van der Waals surface area (Å²) in [5.41, 5.74) is 4.38. The van der Waals surface area contributed by atoms with Crippen molar-refractivity contribution in [1.29, 1.82) is 0 Å². The van der Waals surface area contributed by atoms with Gasteiger partial charge < -0.3 is 4.90 Å². The van der Waals surface area contributed by atoms with Gasteiger partial charge >= 0.3 is 0 Å². The van der Waals surface area contributed by atoms with Crippen molar-refractivity contribution in [2.75, 3.05) is 18.0 Å².